The number of rotatable bonds is 7. The van der Waals surface area contributed by atoms with Gasteiger partial charge in [0.1, 0.15) is 0 Å². The minimum Gasteiger partial charge on any atom is -0.326 e. The van der Waals surface area contributed by atoms with E-state index in [4.69, 9.17) is 17.3 Å². The number of benzene rings is 3. The lowest BCUT2D eigenvalue weighted by Gasteiger charge is -2.23. The van der Waals surface area contributed by atoms with E-state index in [2.05, 4.69) is 75.4 Å². The lowest BCUT2D eigenvalue weighted by molar-refractivity contribution is 0.247. The zero-order valence-electron chi connectivity index (χ0n) is 14.5. The van der Waals surface area contributed by atoms with Crippen LogP contribution in [0.15, 0.2) is 77.3 Å². The van der Waals surface area contributed by atoms with Crippen LogP contribution in [0.25, 0.3) is 0 Å². The largest absolute Gasteiger partial charge is 0.326 e. The highest BCUT2D eigenvalue weighted by Gasteiger charge is 2.09. The Kier molecular flexibility index (Phi) is 6.86. The standard InChI is InChI=1S/C22H22BrClN2/c23-21-5-1-3-19(11-21)15-26(16-20-4-2-6-22(24)12-20)14-18-9-7-17(13-25)8-10-18/h1-12H,13-16,25H2. The fourth-order valence-corrected chi connectivity index (χ4v) is 3.65. The van der Waals surface area contributed by atoms with E-state index in [1.165, 1.54) is 16.7 Å². The predicted molar refractivity (Wildman–Crippen MR) is 113 cm³/mol. The van der Waals surface area contributed by atoms with Crippen LogP contribution in [0.5, 0.6) is 0 Å². The lowest BCUT2D eigenvalue weighted by Crippen LogP contribution is -2.22. The third-order valence-corrected chi connectivity index (χ3v) is 4.98. The number of nitrogens with two attached hydrogens (primary N) is 1. The summed E-state index contributed by atoms with van der Waals surface area (Å²) in [5.41, 5.74) is 10.6. The Balaban J connectivity index is 1.79. The molecule has 0 saturated heterocycles. The Morgan fingerprint density at radius 2 is 1.31 bits per heavy atom. The van der Waals surface area contributed by atoms with E-state index < -0.39 is 0 Å². The van der Waals surface area contributed by atoms with Gasteiger partial charge >= 0.3 is 0 Å². The van der Waals surface area contributed by atoms with Crippen molar-refractivity contribution in [1.82, 2.24) is 4.90 Å². The number of hydrogen-bond donors (Lipinski definition) is 1. The van der Waals surface area contributed by atoms with Crippen LogP contribution in [0.1, 0.15) is 22.3 Å². The lowest BCUT2D eigenvalue weighted by atomic mass is 10.1. The van der Waals surface area contributed by atoms with Gasteiger partial charge in [-0.15, -0.1) is 0 Å². The molecule has 0 aliphatic heterocycles. The van der Waals surface area contributed by atoms with E-state index in [-0.39, 0.29) is 0 Å². The first-order valence-electron chi connectivity index (χ1n) is 8.61. The van der Waals surface area contributed by atoms with Crippen LogP contribution in [0.3, 0.4) is 0 Å². The van der Waals surface area contributed by atoms with Crippen molar-refractivity contribution in [3.8, 4) is 0 Å². The van der Waals surface area contributed by atoms with Crippen molar-refractivity contribution in [2.24, 2.45) is 5.73 Å². The van der Waals surface area contributed by atoms with Crippen molar-refractivity contribution in [2.75, 3.05) is 0 Å². The van der Waals surface area contributed by atoms with E-state index in [9.17, 15) is 0 Å². The smallest absolute Gasteiger partial charge is 0.0409 e. The van der Waals surface area contributed by atoms with Gasteiger partial charge in [0.2, 0.25) is 0 Å². The minimum atomic E-state index is 0.574. The average molecular weight is 430 g/mol. The fourth-order valence-electron chi connectivity index (χ4n) is 2.99. The molecule has 0 heterocycles. The van der Waals surface area contributed by atoms with Crippen molar-refractivity contribution in [2.45, 2.75) is 26.2 Å². The maximum atomic E-state index is 6.17. The highest BCUT2D eigenvalue weighted by atomic mass is 79.9. The molecule has 0 saturated carbocycles. The van der Waals surface area contributed by atoms with Crippen LogP contribution >= 0.6 is 27.5 Å². The molecule has 26 heavy (non-hydrogen) atoms. The quantitative estimate of drug-likeness (QED) is 0.517. The first-order valence-corrected chi connectivity index (χ1v) is 9.78. The summed E-state index contributed by atoms with van der Waals surface area (Å²) in [6.45, 7) is 3.14. The molecule has 0 atom stereocenters. The zero-order valence-corrected chi connectivity index (χ0v) is 16.9. The van der Waals surface area contributed by atoms with Gasteiger partial charge < -0.3 is 5.73 Å². The average Bonchev–Trinajstić information content (AvgIpc) is 2.62. The summed E-state index contributed by atoms with van der Waals surface area (Å²) in [7, 11) is 0. The maximum absolute atomic E-state index is 6.17. The molecule has 3 aromatic rings. The van der Waals surface area contributed by atoms with Crippen molar-refractivity contribution in [3.05, 3.63) is 105 Å². The van der Waals surface area contributed by atoms with E-state index in [1.54, 1.807) is 0 Å². The molecule has 0 bridgehead atoms. The summed E-state index contributed by atoms with van der Waals surface area (Å²) in [6, 6.07) is 25.1. The molecular formula is C22H22BrClN2. The van der Waals surface area contributed by atoms with Crippen molar-refractivity contribution >= 4 is 27.5 Å². The Morgan fingerprint density at radius 3 is 1.92 bits per heavy atom. The molecule has 0 radical (unpaired) electrons. The van der Waals surface area contributed by atoms with E-state index in [0.29, 0.717) is 6.54 Å². The first-order chi connectivity index (χ1) is 12.6. The highest BCUT2D eigenvalue weighted by Crippen LogP contribution is 2.19. The molecule has 0 aliphatic carbocycles. The van der Waals surface area contributed by atoms with Gasteiger partial charge in [-0.25, -0.2) is 0 Å². The molecule has 2 nitrogen and oxygen atoms in total. The van der Waals surface area contributed by atoms with Crippen LogP contribution in [-0.2, 0) is 26.2 Å². The second-order valence-electron chi connectivity index (χ2n) is 6.43. The molecule has 4 heteroatoms. The van der Waals surface area contributed by atoms with Crippen LogP contribution in [0, 0.1) is 0 Å². The second kappa shape index (κ2) is 9.33. The molecule has 2 N–H and O–H groups in total. The van der Waals surface area contributed by atoms with Gasteiger partial charge in [0.15, 0.2) is 0 Å². The van der Waals surface area contributed by atoms with Gasteiger partial charge in [0, 0.05) is 35.7 Å². The van der Waals surface area contributed by atoms with Gasteiger partial charge in [-0.05, 0) is 46.5 Å². The normalized spacial score (nSPS) is 11.1. The Bertz CT molecular complexity index is 801. The van der Waals surface area contributed by atoms with Crippen LogP contribution in [0.2, 0.25) is 5.02 Å². The van der Waals surface area contributed by atoms with E-state index in [1.807, 2.05) is 18.2 Å². The fraction of sp³-hybridized carbons (Fsp3) is 0.182. The first kappa shape index (κ1) is 19.1. The molecule has 0 unspecified atom stereocenters. The number of halogens is 2. The van der Waals surface area contributed by atoms with E-state index in [0.717, 1.165) is 34.7 Å². The van der Waals surface area contributed by atoms with Gasteiger partial charge in [-0.1, -0.05) is 76.1 Å². The van der Waals surface area contributed by atoms with Gasteiger partial charge in [0.25, 0.3) is 0 Å². The summed E-state index contributed by atoms with van der Waals surface area (Å²) >= 11 is 9.73. The van der Waals surface area contributed by atoms with Crippen LogP contribution in [-0.4, -0.2) is 4.90 Å². The van der Waals surface area contributed by atoms with Crippen molar-refractivity contribution < 1.29 is 0 Å². The Morgan fingerprint density at radius 1 is 0.731 bits per heavy atom. The highest BCUT2D eigenvalue weighted by molar-refractivity contribution is 9.10. The number of hydrogen-bond acceptors (Lipinski definition) is 2. The zero-order chi connectivity index (χ0) is 18.4. The molecule has 3 rings (SSSR count). The SMILES string of the molecule is NCc1ccc(CN(Cc2cccc(Cl)c2)Cc2cccc(Br)c2)cc1. The topological polar surface area (TPSA) is 29.3 Å². The Hall–Kier alpha value is -1.65. The summed E-state index contributed by atoms with van der Waals surface area (Å²) in [5.74, 6) is 0. The molecule has 0 aromatic heterocycles. The Labute approximate surface area is 168 Å². The van der Waals surface area contributed by atoms with Gasteiger partial charge in [-0.3, -0.25) is 4.90 Å². The molecule has 0 aliphatic rings. The summed E-state index contributed by atoms with van der Waals surface area (Å²) in [5, 5.41) is 0.775. The third kappa shape index (κ3) is 5.68. The minimum absolute atomic E-state index is 0.574. The third-order valence-electron chi connectivity index (χ3n) is 4.26. The summed E-state index contributed by atoms with van der Waals surface area (Å²) in [4.78, 5) is 2.42. The number of nitrogens with zero attached hydrogens (tertiary/aromatic N) is 1. The van der Waals surface area contributed by atoms with Crippen LogP contribution < -0.4 is 5.73 Å². The molecule has 134 valence electrons. The van der Waals surface area contributed by atoms with Gasteiger partial charge in [0.05, 0.1) is 0 Å². The summed E-state index contributed by atoms with van der Waals surface area (Å²) < 4.78 is 1.10. The van der Waals surface area contributed by atoms with Gasteiger partial charge in [-0.2, -0.15) is 0 Å². The molecule has 3 aromatic carbocycles. The monoisotopic (exact) mass is 428 g/mol. The molecule has 0 fully saturated rings. The molecule has 0 amide bonds. The molecular weight excluding hydrogens is 408 g/mol. The van der Waals surface area contributed by atoms with Crippen molar-refractivity contribution in [3.63, 3.8) is 0 Å². The summed E-state index contributed by atoms with van der Waals surface area (Å²) in [6.07, 6.45) is 0. The predicted octanol–water partition coefficient (Wildman–Crippen LogP) is 5.76. The second-order valence-corrected chi connectivity index (χ2v) is 7.78. The molecule has 0 spiro atoms. The van der Waals surface area contributed by atoms with E-state index >= 15 is 0 Å². The van der Waals surface area contributed by atoms with Crippen LogP contribution in [0.4, 0.5) is 0 Å². The maximum Gasteiger partial charge on any atom is 0.0409 e. The van der Waals surface area contributed by atoms with Crippen molar-refractivity contribution in [1.29, 1.82) is 0 Å².